The maximum absolute atomic E-state index is 11.5. The average Bonchev–Trinajstić information content (AvgIpc) is 3.07. The van der Waals surface area contributed by atoms with Crippen LogP contribution in [0.25, 0.3) is 0 Å². The topological polar surface area (TPSA) is 54.0 Å². The summed E-state index contributed by atoms with van der Waals surface area (Å²) in [5.74, 6) is -0.248. The van der Waals surface area contributed by atoms with Crippen molar-refractivity contribution in [3.63, 3.8) is 0 Å². The van der Waals surface area contributed by atoms with E-state index in [1.165, 1.54) is 19.3 Å². The van der Waals surface area contributed by atoms with Gasteiger partial charge in [0.05, 0.1) is 19.3 Å². The molecule has 5 heteroatoms. The van der Waals surface area contributed by atoms with Crippen LogP contribution in [0.15, 0.2) is 12.2 Å². The first-order valence-electron chi connectivity index (χ1n) is 12.1. The second-order valence-electron chi connectivity index (χ2n) is 10.1. The van der Waals surface area contributed by atoms with Crippen molar-refractivity contribution >= 4 is 6.29 Å². The Balaban J connectivity index is 1.64. The number of hydrogen-bond donors (Lipinski definition) is 0. The molecule has 2 aliphatic heterocycles. The van der Waals surface area contributed by atoms with E-state index in [1.807, 2.05) is 0 Å². The Bertz CT molecular complexity index is 542. The van der Waals surface area contributed by atoms with Crippen LogP contribution in [0.4, 0.5) is 0 Å². The van der Waals surface area contributed by atoms with Crippen molar-refractivity contribution < 1.29 is 23.7 Å². The van der Waals surface area contributed by atoms with Gasteiger partial charge in [0.2, 0.25) is 0 Å². The molecule has 3 aliphatic rings. The van der Waals surface area contributed by atoms with E-state index in [-0.39, 0.29) is 29.6 Å². The highest BCUT2D eigenvalue weighted by Crippen LogP contribution is 2.49. The Labute approximate surface area is 182 Å². The van der Waals surface area contributed by atoms with Gasteiger partial charge in [0.1, 0.15) is 6.29 Å². The Hall–Kier alpha value is -0.750. The fourth-order valence-electron chi connectivity index (χ4n) is 4.93. The summed E-state index contributed by atoms with van der Waals surface area (Å²) in [7, 11) is 0. The van der Waals surface area contributed by atoms with Gasteiger partial charge in [-0.15, -0.1) is 0 Å². The summed E-state index contributed by atoms with van der Waals surface area (Å²) >= 11 is 0. The Morgan fingerprint density at radius 1 is 1.13 bits per heavy atom. The van der Waals surface area contributed by atoms with Crippen LogP contribution in [0.1, 0.15) is 85.0 Å². The lowest BCUT2D eigenvalue weighted by Gasteiger charge is -2.45. The van der Waals surface area contributed by atoms with E-state index >= 15 is 0 Å². The Morgan fingerprint density at radius 2 is 1.93 bits per heavy atom. The number of unbranched alkanes of at least 4 members (excludes halogenated alkanes) is 2. The lowest BCUT2D eigenvalue weighted by atomic mass is 9.87. The molecule has 3 unspecified atom stereocenters. The van der Waals surface area contributed by atoms with Crippen LogP contribution < -0.4 is 0 Å². The van der Waals surface area contributed by atoms with Gasteiger partial charge in [-0.05, 0) is 38.0 Å². The van der Waals surface area contributed by atoms with Crippen LogP contribution in [0.5, 0.6) is 0 Å². The number of ether oxygens (including phenoxy) is 4. The Morgan fingerprint density at radius 3 is 2.60 bits per heavy atom. The average molecular weight is 423 g/mol. The van der Waals surface area contributed by atoms with E-state index in [1.54, 1.807) is 0 Å². The zero-order chi connectivity index (χ0) is 21.5. The highest BCUT2D eigenvalue weighted by Gasteiger charge is 2.52. The molecule has 3 fully saturated rings. The van der Waals surface area contributed by atoms with Crippen molar-refractivity contribution in [3.8, 4) is 0 Å². The van der Waals surface area contributed by atoms with Crippen molar-refractivity contribution in [1.82, 2.24) is 0 Å². The maximum atomic E-state index is 11.5. The molecule has 172 valence electrons. The fourth-order valence-corrected chi connectivity index (χ4v) is 4.93. The summed E-state index contributed by atoms with van der Waals surface area (Å²) in [6.07, 6.45) is 15.7. The molecule has 0 aromatic heterocycles. The monoisotopic (exact) mass is 422 g/mol. The quantitative estimate of drug-likeness (QED) is 0.267. The van der Waals surface area contributed by atoms with Gasteiger partial charge in [-0.2, -0.15) is 0 Å². The van der Waals surface area contributed by atoms with Crippen LogP contribution in [-0.4, -0.2) is 44.3 Å². The smallest absolute Gasteiger partial charge is 0.172 e. The second kappa shape index (κ2) is 11.2. The van der Waals surface area contributed by atoms with Gasteiger partial charge < -0.3 is 23.7 Å². The van der Waals surface area contributed by atoms with Gasteiger partial charge >= 0.3 is 0 Å². The molecule has 0 N–H and O–H groups in total. The van der Waals surface area contributed by atoms with Crippen molar-refractivity contribution in [1.29, 1.82) is 0 Å². The first-order chi connectivity index (χ1) is 14.5. The minimum absolute atomic E-state index is 0.0309. The molecule has 0 aromatic rings. The largest absolute Gasteiger partial charge is 0.353 e. The number of hydrogen-bond acceptors (Lipinski definition) is 5. The van der Waals surface area contributed by atoms with E-state index in [0.29, 0.717) is 19.6 Å². The van der Waals surface area contributed by atoms with Gasteiger partial charge in [-0.1, -0.05) is 52.2 Å². The highest BCUT2D eigenvalue weighted by molar-refractivity contribution is 5.50. The number of carbonyl (C=O) groups excluding carboxylic acids is 1. The van der Waals surface area contributed by atoms with E-state index < -0.39 is 5.79 Å². The summed E-state index contributed by atoms with van der Waals surface area (Å²) in [6, 6.07) is 0. The van der Waals surface area contributed by atoms with Crippen LogP contribution in [0.2, 0.25) is 0 Å². The first-order valence-corrected chi connectivity index (χ1v) is 12.1. The third-order valence-electron chi connectivity index (χ3n) is 6.80. The molecule has 1 saturated carbocycles. The molecule has 0 bridgehead atoms. The predicted octanol–water partition coefficient (Wildman–Crippen LogP) is 5.42. The molecule has 0 amide bonds. The molecular weight excluding hydrogens is 380 g/mol. The molecule has 0 aromatic carbocycles. The summed E-state index contributed by atoms with van der Waals surface area (Å²) in [4.78, 5) is 11.5. The molecule has 0 radical (unpaired) electrons. The third-order valence-corrected chi connectivity index (χ3v) is 6.80. The minimum Gasteiger partial charge on any atom is -0.353 e. The lowest BCUT2D eigenvalue weighted by molar-refractivity contribution is -0.315. The molecule has 2 heterocycles. The summed E-state index contributed by atoms with van der Waals surface area (Å²) in [5.41, 5.74) is 0.0309. The van der Waals surface area contributed by atoms with Crippen LogP contribution in [0.3, 0.4) is 0 Å². The van der Waals surface area contributed by atoms with E-state index in [4.69, 9.17) is 18.9 Å². The zero-order valence-corrected chi connectivity index (χ0v) is 19.3. The molecular formula is C25H42O5. The SMILES string of the molecule is CCCCCC(C=C[C@@H]1CCC2(OCC(C)(C)CO2)C1CC=O)OC1CCCCO1. The van der Waals surface area contributed by atoms with Crippen LogP contribution >= 0.6 is 0 Å². The number of rotatable bonds is 10. The first kappa shape index (κ1) is 23.9. The van der Waals surface area contributed by atoms with Crippen LogP contribution in [0, 0.1) is 17.3 Å². The van der Waals surface area contributed by atoms with Gasteiger partial charge in [-0.3, -0.25) is 0 Å². The van der Waals surface area contributed by atoms with Crippen molar-refractivity contribution in [2.24, 2.45) is 17.3 Å². The number of allylic oxidation sites excluding steroid dienone is 1. The van der Waals surface area contributed by atoms with E-state index in [2.05, 4.69) is 32.9 Å². The zero-order valence-electron chi connectivity index (χ0n) is 19.3. The number of aldehydes is 1. The standard InChI is InChI=1S/C25H42O5/c1-4-5-6-9-21(30-23-10-7-8-17-27-23)12-11-20-13-15-25(22(20)14-16-26)28-18-24(2,3)19-29-25/h11-12,16,20-23H,4-10,13-15,17-19H2,1-3H3/t20-,21?,22?,23?/m1/s1. The molecule has 1 aliphatic carbocycles. The Kier molecular flexibility index (Phi) is 8.94. The van der Waals surface area contributed by atoms with Gasteiger partial charge in [0, 0.05) is 30.8 Å². The minimum atomic E-state index is -0.601. The van der Waals surface area contributed by atoms with Crippen molar-refractivity contribution in [2.75, 3.05) is 19.8 Å². The second-order valence-corrected chi connectivity index (χ2v) is 10.1. The van der Waals surface area contributed by atoms with E-state index in [0.717, 1.165) is 51.4 Å². The lowest BCUT2D eigenvalue weighted by Crippen LogP contribution is -2.50. The summed E-state index contributed by atoms with van der Waals surface area (Å²) in [5, 5.41) is 0. The highest BCUT2D eigenvalue weighted by atomic mass is 16.7. The fraction of sp³-hybridized carbons (Fsp3) is 0.880. The maximum Gasteiger partial charge on any atom is 0.172 e. The molecule has 2 saturated heterocycles. The normalized spacial score (nSPS) is 31.9. The molecule has 30 heavy (non-hydrogen) atoms. The molecule has 3 rings (SSSR count). The van der Waals surface area contributed by atoms with Crippen LogP contribution in [-0.2, 0) is 23.7 Å². The summed E-state index contributed by atoms with van der Waals surface area (Å²) in [6.45, 7) is 8.71. The third kappa shape index (κ3) is 6.38. The van der Waals surface area contributed by atoms with Gasteiger partial charge in [0.25, 0.3) is 0 Å². The van der Waals surface area contributed by atoms with Gasteiger partial charge in [-0.25, -0.2) is 0 Å². The predicted molar refractivity (Wildman–Crippen MR) is 117 cm³/mol. The molecule has 4 atom stereocenters. The van der Waals surface area contributed by atoms with Crippen molar-refractivity contribution in [2.45, 2.75) is 103 Å². The molecule has 1 spiro atoms. The summed E-state index contributed by atoms with van der Waals surface area (Å²) < 4.78 is 24.7. The number of carbonyl (C=O) groups is 1. The molecule has 5 nitrogen and oxygen atoms in total. The van der Waals surface area contributed by atoms with Gasteiger partial charge in [0.15, 0.2) is 12.1 Å². The van der Waals surface area contributed by atoms with Crippen molar-refractivity contribution in [3.05, 3.63) is 12.2 Å². The van der Waals surface area contributed by atoms with E-state index in [9.17, 15) is 4.79 Å².